The topological polar surface area (TPSA) is 105 Å². The molecular formula is C18H22F2N2O5. The second-order valence-electron chi connectivity index (χ2n) is 6.02. The number of hydrogen-bond donors (Lipinski definition) is 3. The zero-order valence-electron chi connectivity index (χ0n) is 15.0. The number of ether oxygens (including phenoxy) is 1. The third kappa shape index (κ3) is 6.45. The van der Waals surface area contributed by atoms with Crippen LogP contribution in [0.25, 0.3) is 0 Å². The number of benzene rings is 1. The van der Waals surface area contributed by atoms with Gasteiger partial charge in [0.25, 0.3) is 5.91 Å². The van der Waals surface area contributed by atoms with Crippen LogP contribution in [0, 0.1) is 17.6 Å². The van der Waals surface area contributed by atoms with Gasteiger partial charge in [0.1, 0.15) is 23.2 Å². The summed E-state index contributed by atoms with van der Waals surface area (Å²) in [5.41, 5.74) is -0.819. The van der Waals surface area contributed by atoms with Gasteiger partial charge in [-0.3, -0.25) is 9.59 Å². The first kappa shape index (κ1) is 22.2. The van der Waals surface area contributed by atoms with E-state index in [-0.39, 0.29) is 13.2 Å². The molecule has 1 aromatic rings. The molecule has 0 aliphatic carbocycles. The summed E-state index contributed by atoms with van der Waals surface area (Å²) < 4.78 is 32.5. The smallest absolute Gasteiger partial charge is 0.328 e. The highest BCUT2D eigenvalue weighted by molar-refractivity contribution is 5.98. The summed E-state index contributed by atoms with van der Waals surface area (Å²) in [6.45, 7) is 6.38. The molecule has 0 saturated heterocycles. The Morgan fingerprint density at radius 3 is 2.30 bits per heavy atom. The molecule has 0 aliphatic heterocycles. The molecule has 0 heterocycles. The van der Waals surface area contributed by atoms with E-state index < -0.39 is 53.0 Å². The van der Waals surface area contributed by atoms with Gasteiger partial charge < -0.3 is 20.5 Å². The monoisotopic (exact) mass is 384 g/mol. The lowest BCUT2D eigenvalue weighted by Crippen LogP contribution is -2.55. The van der Waals surface area contributed by atoms with E-state index in [1.54, 1.807) is 13.8 Å². The molecular weight excluding hydrogens is 362 g/mol. The van der Waals surface area contributed by atoms with Crippen molar-refractivity contribution in [3.05, 3.63) is 48.1 Å². The molecule has 2 unspecified atom stereocenters. The van der Waals surface area contributed by atoms with Crippen molar-refractivity contribution in [1.29, 1.82) is 0 Å². The normalized spacial score (nSPS) is 12.9. The molecule has 2 amide bonds. The first-order valence-corrected chi connectivity index (χ1v) is 8.15. The molecule has 0 bridgehead atoms. The van der Waals surface area contributed by atoms with E-state index in [2.05, 4.69) is 17.2 Å². The highest BCUT2D eigenvalue weighted by Crippen LogP contribution is 2.13. The zero-order valence-corrected chi connectivity index (χ0v) is 15.0. The number of halogens is 2. The average molecular weight is 384 g/mol. The number of amides is 2. The maximum Gasteiger partial charge on any atom is 0.328 e. The number of rotatable bonds is 10. The fourth-order valence-electron chi connectivity index (χ4n) is 2.17. The number of hydrogen-bond acceptors (Lipinski definition) is 4. The van der Waals surface area contributed by atoms with E-state index in [1.165, 1.54) is 6.08 Å². The lowest BCUT2D eigenvalue weighted by Gasteiger charge is -2.24. The molecule has 2 atom stereocenters. The predicted molar refractivity (Wildman–Crippen MR) is 93.0 cm³/mol. The summed E-state index contributed by atoms with van der Waals surface area (Å²) in [5, 5.41) is 13.7. The Hall–Kier alpha value is -2.81. The highest BCUT2D eigenvalue weighted by atomic mass is 19.1. The van der Waals surface area contributed by atoms with E-state index in [0.717, 1.165) is 18.2 Å². The van der Waals surface area contributed by atoms with Crippen LogP contribution >= 0.6 is 0 Å². The van der Waals surface area contributed by atoms with E-state index in [1.807, 2.05) is 0 Å². The van der Waals surface area contributed by atoms with Crippen LogP contribution in [0.15, 0.2) is 30.9 Å². The Morgan fingerprint density at radius 2 is 1.81 bits per heavy atom. The maximum absolute atomic E-state index is 13.7. The number of aliphatic carboxylic acids is 1. The number of nitrogens with one attached hydrogen (secondary N) is 2. The summed E-state index contributed by atoms with van der Waals surface area (Å²) >= 11 is 0. The fourth-order valence-corrected chi connectivity index (χ4v) is 2.17. The van der Waals surface area contributed by atoms with Gasteiger partial charge >= 0.3 is 5.97 Å². The summed E-state index contributed by atoms with van der Waals surface area (Å²) in [4.78, 5) is 35.9. The third-order valence-electron chi connectivity index (χ3n) is 3.56. The van der Waals surface area contributed by atoms with E-state index in [9.17, 15) is 23.2 Å². The number of carboxylic acids is 1. The second-order valence-corrected chi connectivity index (χ2v) is 6.02. The minimum absolute atomic E-state index is 0.0938. The lowest BCUT2D eigenvalue weighted by atomic mass is 10.0. The van der Waals surface area contributed by atoms with Gasteiger partial charge in [0.15, 0.2) is 6.04 Å². The Kier molecular flexibility index (Phi) is 8.53. The van der Waals surface area contributed by atoms with Crippen molar-refractivity contribution < 1.29 is 33.0 Å². The number of carbonyl (C=O) groups is 3. The summed E-state index contributed by atoms with van der Waals surface area (Å²) in [5.74, 6) is -5.89. The van der Waals surface area contributed by atoms with Gasteiger partial charge in [-0.2, -0.15) is 0 Å². The maximum atomic E-state index is 13.7. The van der Waals surface area contributed by atoms with Gasteiger partial charge in [0, 0.05) is 0 Å². The predicted octanol–water partition coefficient (Wildman–Crippen LogP) is 1.49. The van der Waals surface area contributed by atoms with Crippen LogP contribution in [0.4, 0.5) is 8.78 Å². The van der Waals surface area contributed by atoms with Crippen LogP contribution in [-0.2, 0) is 14.3 Å². The highest BCUT2D eigenvalue weighted by Gasteiger charge is 2.30. The van der Waals surface area contributed by atoms with Crippen LogP contribution in [-0.4, -0.2) is 48.2 Å². The van der Waals surface area contributed by atoms with Gasteiger partial charge in [-0.05, 0) is 18.1 Å². The molecule has 0 radical (unpaired) electrons. The molecule has 27 heavy (non-hydrogen) atoms. The minimum atomic E-state index is -1.36. The molecule has 3 N–H and O–H groups in total. The quantitative estimate of drug-likeness (QED) is 0.419. The number of carbonyl (C=O) groups excluding carboxylic acids is 2. The van der Waals surface area contributed by atoms with Crippen LogP contribution in [0.3, 0.4) is 0 Å². The van der Waals surface area contributed by atoms with E-state index in [4.69, 9.17) is 9.84 Å². The largest absolute Gasteiger partial charge is 0.480 e. The number of carboxylic acid groups (broad SMARTS) is 1. The molecule has 7 nitrogen and oxygen atoms in total. The molecule has 148 valence electrons. The molecule has 1 aromatic carbocycles. The van der Waals surface area contributed by atoms with Gasteiger partial charge in [-0.1, -0.05) is 26.0 Å². The van der Waals surface area contributed by atoms with Crippen molar-refractivity contribution in [2.24, 2.45) is 5.92 Å². The Bertz CT molecular complexity index is 689. The molecule has 0 saturated carbocycles. The summed E-state index contributed by atoms with van der Waals surface area (Å²) in [6.07, 6.45) is 1.42. The van der Waals surface area contributed by atoms with Crippen molar-refractivity contribution >= 4 is 17.8 Å². The average Bonchev–Trinajstić information content (AvgIpc) is 2.58. The summed E-state index contributed by atoms with van der Waals surface area (Å²) in [7, 11) is 0. The van der Waals surface area contributed by atoms with Gasteiger partial charge in [0.2, 0.25) is 5.91 Å². The van der Waals surface area contributed by atoms with Crippen molar-refractivity contribution in [3.63, 3.8) is 0 Å². The molecule has 0 spiro atoms. The Balaban J connectivity index is 2.90. The van der Waals surface area contributed by atoms with Crippen molar-refractivity contribution in [2.75, 3.05) is 13.2 Å². The molecule has 9 heteroatoms. The lowest BCUT2D eigenvalue weighted by molar-refractivity contribution is -0.144. The van der Waals surface area contributed by atoms with Crippen molar-refractivity contribution in [2.45, 2.75) is 25.9 Å². The molecule has 0 aromatic heterocycles. The van der Waals surface area contributed by atoms with Crippen LogP contribution in [0.2, 0.25) is 0 Å². The third-order valence-corrected chi connectivity index (χ3v) is 3.56. The Morgan fingerprint density at radius 1 is 1.22 bits per heavy atom. The standard InChI is InChI=1S/C18H22F2N2O5/c1-4-8-27-9-13(18(25)26)21-17(24)15(10(2)3)22-16(23)14-11(19)6-5-7-12(14)20/h4-7,10,13,15H,1,8-9H2,2-3H3,(H,21,24)(H,22,23)(H,25,26). The van der Waals surface area contributed by atoms with E-state index >= 15 is 0 Å². The van der Waals surface area contributed by atoms with Crippen LogP contribution in [0.5, 0.6) is 0 Å². The molecule has 0 fully saturated rings. The van der Waals surface area contributed by atoms with Crippen LogP contribution in [0.1, 0.15) is 24.2 Å². The van der Waals surface area contributed by atoms with Gasteiger partial charge in [-0.15, -0.1) is 6.58 Å². The first-order valence-electron chi connectivity index (χ1n) is 8.15. The zero-order chi connectivity index (χ0) is 20.6. The minimum Gasteiger partial charge on any atom is -0.480 e. The van der Waals surface area contributed by atoms with E-state index in [0.29, 0.717) is 0 Å². The van der Waals surface area contributed by atoms with Crippen LogP contribution < -0.4 is 10.6 Å². The second kappa shape index (κ2) is 10.4. The first-order chi connectivity index (χ1) is 12.7. The molecule has 1 rings (SSSR count). The van der Waals surface area contributed by atoms with Crippen molar-refractivity contribution in [1.82, 2.24) is 10.6 Å². The SMILES string of the molecule is C=CCOCC(NC(=O)C(NC(=O)c1c(F)cccc1F)C(C)C)C(=O)O. The summed E-state index contributed by atoms with van der Waals surface area (Å²) in [6, 6.07) is 0.368. The van der Waals surface area contributed by atoms with Crippen molar-refractivity contribution in [3.8, 4) is 0 Å². The van der Waals surface area contributed by atoms with Gasteiger partial charge in [0.05, 0.1) is 13.2 Å². The fraction of sp³-hybridized carbons (Fsp3) is 0.389. The Labute approximate surface area is 155 Å². The molecule has 0 aliphatic rings. The van der Waals surface area contributed by atoms with Gasteiger partial charge in [-0.25, -0.2) is 13.6 Å².